The standard InChI is InChI=1S/C17H19N3O3/c1-19-10-11-20(16(23)15(19)22)14-6-4-13(5-7-14)17(18-12-21)8-2-3-9-17/h4-7H,2-3,8-11H2,1H3. The molecular formula is C17H19N3O3. The largest absolute Gasteiger partial charge is 0.336 e. The Morgan fingerprint density at radius 1 is 1.04 bits per heavy atom. The Bertz CT molecular complexity index is 671. The second-order valence-electron chi connectivity index (χ2n) is 6.17. The van der Waals surface area contributed by atoms with E-state index < -0.39 is 17.4 Å². The topological polar surface area (TPSA) is 70.0 Å². The van der Waals surface area contributed by atoms with Crippen molar-refractivity contribution >= 4 is 23.6 Å². The fourth-order valence-corrected chi connectivity index (χ4v) is 3.44. The van der Waals surface area contributed by atoms with Crippen molar-refractivity contribution in [1.29, 1.82) is 0 Å². The fraction of sp³-hybridized carbons (Fsp3) is 0.471. The molecule has 1 saturated carbocycles. The van der Waals surface area contributed by atoms with E-state index in [1.54, 1.807) is 13.1 Å². The molecular weight excluding hydrogens is 294 g/mol. The van der Waals surface area contributed by atoms with E-state index in [2.05, 4.69) is 4.99 Å². The van der Waals surface area contributed by atoms with E-state index in [0.29, 0.717) is 18.8 Å². The summed E-state index contributed by atoms with van der Waals surface area (Å²) in [6.45, 7) is 1.00. The van der Waals surface area contributed by atoms with Gasteiger partial charge in [-0.3, -0.25) is 9.59 Å². The molecule has 1 aliphatic heterocycles. The maximum atomic E-state index is 12.1. The summed E-state index contributed by atoms with van der Waals surface area (Å²) in [6.07, 6.45) is 5.47. The Balaban J connectivity index is 1.86. The van der Waals surface area contributed by atoms with Gasteiger partial charge in [0.05, 0.1) is 5.54 Å². The van der Waals surface area contributed by atoms with Crippen LogP contribution in [0.4, 0.5) is 5.69 Å². The molecule has 120 valence electrons. The zero-order chi connectivity index (χ0) is 16.4. The number of amides is 2. The lowest BCUT2D eigenvalue weighted by Gasteiger charge is -2.32. The van der Waals surface area contributed by atoms with Gasteiger partial charge in [0.1, 0.15) is 0 Å². The second-order valence-corrected chi connectivity index (χ2v) is 6.17. The minimum atomic E-state index is -0.506. The summed E-state index contributed by atoms with van der Waals surface area (Å²) < 4.78 is 0. The SMILES string of the molecule is CN1CCN(c2ccc(C3(N=C=O)CCCC3)cc2)C(=O)C1=O. The van der Waals surface area contributed by atoms with Crippen molar-refractivity contribution in [2.24, 2.45) is 4.99 Å². The Kier molecular flexibility index (Phi) is 4.01. The molecule has 2 aliphatic rings. The number of benzene rings is 1. The van der Waals surface area contributed by atoms with Crippen LogP contribution < -0.4 is 4.90 Å². The minimum Gasteiger partial charge on any atom is -0.336 e. The highest BCUT2D eigenvalue weighted by atomic mass is 16.2. The lowest BCUT2D eigenvalue weighted by molar-refractivity contribution is -0.145. The van der Waals surface area contributed by atoms with Gasteiger partial charge in [0.25, 0.3) is 0 Å². The van der Waals surface area contributed by atoms with Crippen LogP contribution in [-0.2, 0) is 19.9 Å². The predicted molar refractivity (Wildman–Crippen MR) is 84.7 cm³/mol. The summed E-state index contributed by atoms with van der Waals surface area (Å²) in [7, 11) is 1.63. The first-order valence-corrected chi connectivity index (χ1v) is 7.84. The number of anilines is 1. The van der Waals surface area contributed by atoms with E-state index in [4.69, 9.17) is 0 Å². The summed E-state index contributed by atoms with van der Waals surface area (Å²) in [4.78, 5) is 41.7. The Hall–Kier alpha value is -2.46. The lowest BCUT2D eigenvalue weighted by Crippen LogP contribution is -2.53. The van der Waals surface area contributed by atoms with Crippen molar-refractivity contribution in [2.45, 2.75) is 31.2 Å². The summed E-state index contributed by atoms with van der Waals surface area (Å²) in [5, 5.41) is 0. The van der Waals surface area contributed by atoms with Crippen LogP contribution in [-0.4, -0.2) is 42.9 Å². The van der Waals surface area contributed by atoms with E-state index in [-0.39, 0.29) is 0 Å². The second kappa shape index (κ2) is 5.97. The van der Waals surface area contributed by atoms with E-state index in [1.807, 2.05) is 24.3 Å². The van der Waals surface area contributed by atoms with Gasteiger partial charge >= 0.3 is 11.8 Å². The van der Waals surface area contributed by atoms with Crippen LogP contribution in [0.2, 0.25) is 0 Å². The van der Waals surface area contributed by atoms with Crippen molar-refractivity contribution in [3.63, 3.8) is 0 Å². The highest BCUT2D eigenvalue weighted by Gasteiger charge is 2.36. The molecule has 1 saturated heterocycles. The van der Waals surface area contributed by atoms with Gasteiger partial charge in [-0.1, -0.05) is 25.0 Å². The zero-order valence-electron chi connectivity index (χ0n) is 13.1. The van der Waals surface area contributed by atoms with Crippen molar-refractivity contribution in [3.05, 3.63) is 29.8 Å². The highest BCUT2D eigenvalue weighted by molar-refractivity contribution is 6.40. The van der Waals surface area contributed by atoms with Crippen LogP contribution in [0.3, 0.4) is 0 Å². The van der Waals surface area contributed by atoms with E-state index >= 15 is 0 Å². The van der Waals surface area contributed by atoms with Gasteiger partial charge in [0, 0.05) is 25.8 Å². The number of nitrogens with zero attached hydrogens (tertiary/aromatic N) is 3. The van der Waals surface area contributed by atoms with Crippen LogP contribution in [0.15, 0.2) is 29.3 Å². The third-order valence-electron chi connectivity index (χ3n) is 4.84. The number of carbonyl (C=O) groups is 2. The number of hydrogen-bond donors (Lipinski definition) is 0. The Labute approximate surface area is 134 Å². The normalized spacial score (nSPS) is 20.6. The highest BCUT2D eigenvalue weighted by Crippen LogP contribution is 2.42. The van der Waals surface area contributed by atoms with Crippen LogP contribution >= 0.6 is 0 Å². The quantitative estimate of drug-likeness (QED) is 0.483. The van der Waals surface area contributed by atoms with Crippen molar-refractivity contribution < 1.29 is 14.4 Å². The molecule has 1 aliphatic carbocycles. The maximum absolute atomic E-state index is 12.1. The molecule has 0 bridgehead atoms. The number of rotatable bonds is 3. The van der Waals surface area contributed by atoms with Crippen LogP contribution in [0.5, 0.6) is 0 Å². The number of hydrogen-bond acceptors (Lipinski definition) is 4. The summed E-state index contributed by atoms with van der Waals surface area (Å²) in [5.74, 6) is -0.994. The summed E-state index contributed by atoms with van der Waals surface area (Å²) >= 11 is 0. The maximum Gasteiger partial charge on any atom is 0.316 e. The minimum absolute atomic E-state index is 0.470. The van der Waals surface area contributed by atoms with Gasteiger partial charge in [-0.05, 0) is 30.5 Å². The van der Waals surface area contributed by atoms with E-state index in [1.165, 1.54) is 9.80 Å². The molecule has 0 spiro atoms. The van der Waals surface area contributed by atoms with Gasteiger partial charge in [0.2, 0.25) is 6.08 Å². The first-order chi connectivity index (χ1) is 11.1. The summed E-state index contributed by atoms with van der Waals surface area (Å²) in [6, 6.07) is 7.45. The molecule has 1 heterocycles. The van der Waals surface area contributed by atoms with E-state index in [9.17, 15) is 14.4 Å². The van der Waals surface area contributed by atoms with E-state index in [0.717, 1.165) is 31.2 Å². The molecule has 3 rings (SSSR count). The smallest absolute Gasteiger partial charge is 0.316 e. The molecule has 6 nitrogen and oxygen atoms in total. The number of piperazine rings is 1. The molecule has 2 fully saturated rings. The predicted octanol–water partition coefficient (Wildman–Crippen LogP) is 1.60. The van der Waals surface area contributed by atoms with Crippen molar-refractivity contribution in [2.75, 3.05) is 25.0 Å². The number of carbonyl (C=O) groups excluding carboxylic acids is 3. The monoisotopic (exact) mass is 313 g/mol. The number of likely N-dealkylation sites (N-methyl/N-ethyl adjacent to an activating group) is 1. The number of isocyanates is 1. The molecule has 0 atom stereocenters. The van der Waals surface area contributed by atoms with Crippen molar-refractivity contribution in [3.8, 4) is 0 Å². The number of aliphatic imine (C=N–C) groups is 1. The third-order valence-corrected chi connectivity index (χ3v) is 4.84. The molecule has 0 N–H and O–H groups in total. The average Bonchev–Trinajstić information content (AvgIpc) is 3.03. The molecule has 0 aromatic heterocycles. The molecule has 1 aromatic rings. The molecule has 0 radical (unpaired) electrons. The van der Waals surface area contributed by atoms with Gasteiger partial charge in [-0.15, -0.1) is 0 Å². The van der Waals surface area contributed by atoms with Crippen LogP contribution in [0.1, 0.15) is 31.2 Å². The van der Waals surface area contributed by atoms with Gasteiger partial charge in [-0.2, -0.15) is 4.99 Å². The van der Waals surface area contributed by atoms with Crippen molar-refractivity contribution in [1.82, 2.24) is 4.90 Å². The first kappa shape index (κ1) is 15.4. The van der Waals surface area contributed by atoms with Gasteiger partial charge in [-0.25, -0.2) is 4.79 Å². The molecule has 2 amide bonds. The molecule has 1 aromatic carbocycles. The van der Waals surface area contributed by atoms with Crippen LogP contribution in [0.25, 0.3) is 0 Å². The fourth-order valence-electron chi connectivity index (χ4n) is 3.44. The Morgan fingerprint density at radius 2 is 1.70 bits per heavy atom. The summed E-state index contributed by atoms with van der Waals surface area (Å²) in [5.41, 5.74) is 1.20. The van der Waals surface area contributed by atoms with Gasteiger partial charge in [0.15, 0.2) is 0 Å². The molecule has 23 heavy (non-hydrogen) atoms. The van der Waals surface area contributed by atoms with Gasteiger partial charge < -0.3 is 9.80 Å². The Morgan fingerprint density at radius 3 is 2.30 bits per heavy atom. The first-order valence-electron chi connectivity index (χ1n) is 7.84. The lowest BCUT2D eigenvalue weighted by atomic mass is 9.89. The third kappa shape index (κ3) is 2.66. The van der Waals surface area contributed by atoms with Crippen LogP contribution in [0, 0.1) is 0 Å². The molecule has 0 unspecified atom stereocenters. The average molecular weight is 313 g/mol. The zero-order valence-corrected chi connectivity index (χ0v) is 13.1. The molecule has 6 heteroatoms.